The average molecular weight is 389 g/mol. The summed E-state index contributed by atoms with van der Waals surface area (Å²) in [5.41, 5.74) is 3.28. The van der Waals surface area contributed by atoms with Crippen molar-refractivity contribution in [2.75, 3.05) is 26.1 Å². The third-order valence-electron chi connectivity index (χ3n) is 4.80. The Labute approximate surface area is 169 Å². The van der Waals surface area contributed by atoms with Crippen LogP contribution in [0.5, 0.6) is 11.8 Å². The van der Waals surface area contributed by atoms with E-state index < -0.39 is 0 Å². The number of rotatable bonds is 7. The molecule has 4 rings (SSSR count). The third kappa shape index (κ3) is 4.13. The fourth-order valence-electron chi connectivity index (χ4n) is 3.19. The number of ether oxygens (including phenoxy) is 2. The van der Waals surface area contributed by atoms with Gasteiger partial charge in [-0.25, -0.2) is 0 Å². The number of hydrogen-bond donors (Lipinski definition) is 1. The van der Waals surface area contributed by atoms with Gasteiger partial charge in [-0.05, 0) is 48.4 Å². The molecule has 2 aromatic carbocycles. The molecule has 4 aromatic rings. The van der Waals surface area contributed by atoms with Crippen LogP contribution >= 0.6 is 0 Å². The summed E-state index contributed by atoms with van der Waals surface area (Å²) in [7, 11) is 5.25. The van der Waals surface area contributed by atoms with E-state index in [9.17, 15) is 0 Å². The smallest absolute Gasteiger partial charge is 0.321 e. The highest BCUT2D eigenvalue weighted by atomic mass is 16.5. The van der Waals surface area contributed by atoms with E-state index in [1.165, 1.54) is 5.56 Å². The van der Waals surface area contributed by atoms with Crippen LogP contribution in [0.1, 0.15) is 5.56 Å². The van der Waals surface area contributed by atoms with Crippen LogP contribution in [0.3, 0.4) is 0 Å². The summed E-state index contributed by atoms with van der Waals surface area (Å²) in [4.78, 5) is 13.3. The van der Waals surface area contributed by atoms with Gasteiger partial charge in [0, 0.05) is 36.3 Å². The van der Waals surface area contributed by atoms with Gasteiger partial charge in [0.05, 0.1) is 14.2 Å². The molecule has 2 aromatic heterocycles. The van der Waals surface area contributed by atoms with E-state index in [0.29, 0.717) is 18.3 Å². The van der Waals surface area contributed by atoms with Gasteiger partial charge in [-0.2, -0.15) is 15.0 Å². The lowest BCUT2D eigenvalue weighted by atomic mass is 10.1. The van der Waals surface area contributed by atoms with Crippen molar-refractivity contribution in [2.45, 2.75) is 6.42 Å². The number of aromatic nitrogens is 4. The number of anilines is 1. The van der Waals surface area contributed by atoms with Gasteiger partial charge in [-0.3, -0.25) is 0 Å². The molecule has 0 aliphatic heterocycles. The topological polar surface area (TPSA) is 74.1 Å². The summed E-state index contributed by atoms with van der Waals surface area (Å²) in [6, 6.07) is 16.5. The summed E-state index contributed by atoms with van der Waals surface area (Å²) in [6.45, 7) is 0.691. The highest BCUT2D eigenvalue weighted by molar-refractivity contribution is 5.84. The molecule has 0 atom stereocenters. The average Bonchev–Trinajstić information content (AvgIpc) is 3.14. The van der Waals surface area contributed by atoms with E-state index in [2.05, 4.69) is 55.2 Å². The Balaban J connectivity index is 1.52. The maximum atomic E-state index is 5.28. The first kappa shape index (κ1) is 18.7. The Morgan fingerprint density at radius 3 is 2.52 bits per heavy atom. The maximum absolute atomic E-state index is 5.28. The second-order valence-electron chi connectivity index (χ2n) is 6.69. The molecule has 148 valence electrons. The Hall–Kier alpha value is -3.61. The fourth-order valence-corrected chi connectivity index (χ4v) is 3.19. The molecule has 0 radical (unpaired) electrons. The first-order chi connectivity index (χ1) is 14.2. The van der Waals surface area contributed by atoms with E-state index in [-0.39, 0.29) is 6.01 Å². The molecule has 0 saturated carbocycles. The molecule has 29 heavy (non-hydrogen) atoms. The molecular weight excluding hydrogens is 366 g/mol. The lowest BCUT2D eigenvalue weighted by molar-refractivity contribution is 0.379. The molecule has 0 spiro atoms. The number of methoxy groups -OCH3 is 2. The van der Waals surface area contributed by atoms with Gasteiger partial charge < -0.3 is 19.4 Å². The number of hydrogen-bond acceptors (Lipinski definition) is 6. The number of benzene rings is 2. The van der Waals surface area contributed by atoms with Crippen LogP contribution in [0.25, 0.3) is 22.3 Å². The first-order valence-corrected chi connectivity index (χ1v) is 9.38. The summed E-state index contributed by atoms with van der Waals surface area (Å²) in [5.74, 6) is 1.92. The molecule has 0 fully saturated rings. The van der Waals surface area contributed by atoms with Crippen molar-refractivity contribution in [1.82, 2.24) is 19.5 Å². The molecule has 7 heteroatoms. The highest BCUT2D eigenvalue weighted by Crippen LogP contribution is 2.24. The molecule has 0 aliphatic rings. The van der Waals surface area contributed by atoms with Gasteiger partial charge in [0.25, 0.3) is 0 Å². The van der Waals surface area contributed by atoms with Crippen LogP contribution in [0.15, 0.2) is 54.7 Å². The lowest BCUT2D eigenvalue weighted by Crippen LogP contribution is -2.10. The van der Waals surface area contributed by atoms with E-state index >= 15 is 0 Å². The molecule has 0 aliphatic carbocycles. The van der Waals surface area contributed by atoms with Gasteiger partial charge in [0.1, 0.15) is 5.75 Å². The van der Waals surface area contributed by atoms with Crippen LogP contribution in [0.4, 0.5) is 5.95 Å². The monoisotopic (exact) mass is 389 g/mol. The minimum Gasteiger partial charge on any atom is -0.497 e. The summed E-state index contributed by atoms with van der Waals surface area (Å²) in [6.07, 6.45) is 2.87. The van der Waals surface area contributed by atoms with Crippen LogP contribution in [-0.4, -0.2) is 40.3 Å². The quantitative estimate of drug-likeness (QED) is 0.519. The Bertz CT molecular complexity index is 1120. The van der Waals surface area contributed by atoms with Crippen molar-refractivity contribution < 1.29 is 9.47 Å². The largest absolute Gasteiger partial charge is 0.497 e. The van der Waals surface area contributed by atoms with Gasteiger partial charge in [-0.1, -0.05) is 12.1 Å². The minimum atomic E-state index is 0.287. The Kier molecular flexibility index (Phi) is 5.29. The number of nitrogens with zero attached hydrogens (tertiary/aromatic N) is 4. The van der Waals surface area contributed by atoms with Crippen LogP contribution in [0, 0.1) is 0 Å². The molecule has 0 unspecified atom stereocenters. The fraction of sp³-hybridized carbons (Fsp3) is 0.227. The molecule has 1 N–H and O–H groups in total. The molecular formula is C22H23N5O2. The highest BCUT2D eigenvalue weighted by Gasteiger charge is 2.10. The normalized spacial score (nSPS) is 10.9. The van der Waals surface area contributed by atoms with Crippen molar-refractivity contribution in [3.8, 4) is 23.1 Å². The number of fused-ring (bicyclic) bond motifs is 1. The third-order valence-corrected chi connectivity index (χ3v) is 4.80. The SMILES string of the molecule is COc1ccc(CCNc2nc(OC)nc(-c3ccc4c(ccn4C)c3)n2)cc1. The predicted molar refractivity (Wildman–Crippen MR) is 113 cm³/mol. The predicted octanol–water partition coefficient (Wildman–Crippen LogP) is 3.70. The number of nitrogens with one attached hydrogen (secondary N) is 1. The van der Waals surface area contributed by atoms with Crippen molar-refractivity contribution in [3.63, 3.8) is 0 Å². The zero-order chi connectivity index (χ0) is 20.2. The summed E-state index contributed by atoms with van der Waals surface area (Å²) in [5, 5.41) is 4.41. The van der Waals surface area contributed by atoms with Crippen LogP contribution < -0.4 is 14.8 Å². The molecule has 7 nitrogen and oxygen atoms in total. The Morgan fingerprint density at radius 2 is 1.76 bits per heavy atom. The van der Waals surface area contributed by atoms with Gasteiger partial charge in [-0.15, -0.1) is 0 Å². The van der Waals surface area contributed by atoms with Crippen molar-refractivity contribution in [1.29, 1.82) is 0 Å². The zero-order valence-electron chi connectivity index (χ0n) is 16.7. The second kappa shape index (κ2) is 8.18. The number of aryl methyl sites for hydroxylation is 1. The second-order valence-corrected chi connectivity index (χ2v) is 6.69. The summed E-state index contributed by atoms with van der Waals surface area (Å²) < 4.78 is 12.6. The van der Waals surface area contributed by atoms with Gasteiger partial charge in [0.15, 0.2) is 5.82 Å². The van der Waals surface area contributed by atoms with Gasteiger partial charge in [0.2, 0.25) is 5.95 Å². The summed E-state index contributed by atoms with van der Waals surface area (Å²) >= 11 is 0. The standard InChI is InChI=1S/C22H23N5O2/c1-27-13-11-16-14-17(6-9-19(16)27)20-24-21(26-22(25-20)29-3)23-12-10-15-4-7-18(28-2)8-5-15/h4-9,11,13-14H,10,12H2,1-3H3,(H,23,24,25,26). The minimum absolute atomic E-state index is 0.287. The van der Waals surface area contributed by atoms with E-state index in [4.69, 9.17) is 9.47 Å². The molecule has 0 bridgehead atoms. The van der Waals surface area contributed by atoms with Crippen molar-refractivity contribution in [2.24, 2.45) is 7.05 Å². The van der Waals surface area contributed by atoms with E-state index in [0.717, 1.165) is 28.6 Å². The van der Waals surface area contributed by atoms with Crippen molar-refractivity contribution >= 4 is 16.9 Å². The first-order valence-electron chi connectivity index (χ1n) is 9.38. The van der Waals surface area contributed by atoms with E-state index in [1.807, 2.05) is 31.4 Å². The Morgan fingerprint density at radius 1 is 0.931 bits per heavy atom. The van der Waals surface area contributed by atoms with Crippen LogP contribution in [0.2, 0.25) is 0 Å². The molecule has 0 amide bonds. The van der Waals surface area contributed by atoms with Crippen LogP contribution in [-0.2, 0) is 13.5 Å². The molecule has 0 saturated heterocycles. The van der Waals surface area contributed by atoms with Crippen molar-refractivity contribution in [3.05, 3.63) is 60.3 Å². The molecule has 2 heterocycles. The van der Waals surface area contributed by atoms with E-state index in [1.54, 1.807) is 14.2 Å². The lowest BCUT2D eigenvalue weighted by Gasteiger charge is -2.09. The maximum Gasteiger partial charge on any atom is 0.321 e. The van der Waals surface area contributed by atoms with Gasteiger partial charge >= 0.3 is 6.01 Å². The zero-order valence-corrected chi connectivity index (χ0v) is 16.7.